The number of hydroxylamine groups is 1. The van der Waals surface area contributed by atoms with E-state index in [0.29, 0.717) is 0 Å². The zero-order valence-electron chi connectivity index (χ0n) is 8.43. The lowest BCUT2D eigenvalue weighted by Gasteiger charge is -2.16. The fraction of sp³-hybridized carbons (Fsp3) is 0.182. The highest BCUT2D eigenvalue weighted by molar-refractivity contribution is 5.84. The van der Waals surface area contributed by atoms with E-state index < -0.39 is 12.0 Å². The third-order valence-electron chi connectivity index (χ3n) is 2.54. The summed E-state index contributed by atoms with van der Waals surface area (Å²) in [5.41, 5.74) is 3.30. The van der Waals surface area contributed by atoms with Gasteiger partial charge in [-0.05, 0) is 18.1 Å². The van der Waals surface area contributed by atoms with Gasteiger partial charge in [0.2, 0.25) is 0 Å². The van der Waals surface area contributed by atoms with Crippen molar-refractivity contribution in [1.29, 1.82) is 0 Å². The molecule has 0 aliphatic carbocycles. The molecule has 1 heterocycles. The summed E-state index contributed by atoms with van der Waals surface area (Å²) in [6.45, 7) is 0. The molecule has 2 rings (SSSR count). The quantitative estimate of drug-likeness (QED) is 0.675. The number of aliphatic carboxylic acids is 1. The summed E-state index contributed by atoms with van der Waals surface area (Å²) >= 11 is 0. The van der Waals surface area contributed by atoms with E-state index >= 15 is 0 Å². The number of H-pyrrole nitrogens is 1. The monoisotopic (exact) mass is 219 g/mol. The molecule has 0 spiro atoms. The number of carboxylic acids is 1. The van der Waals surface area contributed by atoms with Gasteiger partial charge in [0.25, 0.3) is 0 Å². The number of rotatable bonds is 4. The van der Waals surface area contributed by atoms with Gasteiger partial charge in [0, 0.05) is 17.1 Å². The second kappa shape index (κ2) is 4.34. The van der Waals surface area contributed by atoms with E-state index in [2.05, 4.69) is 4.98 Å². The van der Waals surface area contributed by atoms with E-state index in [1.165, 1.54) is 0 Å². The average molecular weight is 219 g/mol. The molecule has 0 bridgehead atoms. The zero-order valence-corrected chi connectivity index (χ0v) is 8.43. The molecular formula is C11H11N2O3-. The highest BCUT2D eigenvalue weighted by Crippen LogP contribution is 2.18. The fourth-order valence-corrected chi connectivity index (χ4v) is 1.70. The van der Waals surface area contributed by atoms with E-state index in [-0.39, 0.29) is 6.42 Å². The number of hydrogen-bond donors (Lipinski definition) is 3. The van der Waals surface area contributed by atoms with Crippen molar-refractivity contribution in [1.82, 2.24) is 10.5 Å². The zero-order chi connectivity index (χ0) is 11.5. The third kappa shape index (κ3) is 1.91. The molecule has 0 saturated carbocycles. The standard InChI is InChI=1S/C11H11N2O3/c14-11(15)10(13-16)5-7-6-12-9-4-2-1-3-8(7)9/h1-4,6,10,12-13H,5H2,(H,14,15)/q-1/t10-/m1/s1. The van der Waals surface area contributed by atoms with Crippen molar-refractivity contribution in [3.63, 3.8) is 0 Å². The molecule has 0 aliphatic rings. The summed E-state index contributed by atoms with van der Waals surface area (Å²) in [6, 6.07) is 6.46. The molecule has 0 saturated heterocycles. The summed E-state index contributed by atoms with van der Waals surface area (Å²) in [7, 11) is 0. The van der Waals surface area contributed by atoms with Gasteiger partial charge >= 0.3 is 5.97 Å². The molecule has 0 radical (unpaired) electrons. The van der Waals surface area contributed by atoms with Gasteiger partial charge in [0.15, 0.2) is 0 Å². The molecule has 3 N–H and O–H groups in total. The molecule has 5 heteroatoms. The van der Waals surface area contributed by atoms with Crippen molar-refractivity contribution in [2.75, 3.05) is 0 Å². The normalized spacial score (nSPS) is 12.8. The van der Waals surface area contributed by atoms with Gasteiger partial charge in [0.1, 0.15) is 0 Å². The van der Waals surface area contributed by atoms with Crippen LogP contribution in [0.2, 0.25) is 0 Å². The Morgan fingerprint density at radius 3 is 2.94 bits per heavy atom. The van der Waals surface area contributed by atoms with Crippen molar-refractivity contribution < 1.29 is 9.90 Å². The minimum atomic E-state index is -1.14. The molecule has 5 nitrogen and oxygen atoms in total. The Kier molecular flexibility index (Phi) is 2.89. The number of benzene rings is 1. The minimum Gasteiger partial charge on any atom is -0.787 e. The number of carboxylic acid groups (broad SMARTS) is 1. The maximum atomic E-state index is 10.7. The van der Waals surface area contributed by atoms with Crippen LogP contribution in [-0.2, 0) is 11.2 Å². The van der Waals surface area contributed by atoms with Crippen LogP contribution >= 0.6 is 0 Å². The Morgan fingerprint density at radius 2 is 2.25 bits per heavy atom. The number of aromatic amines is 1. The molecule has 1 atom stereocenters. The van der Waals surface area contributed by atoms with Crippen molar-refractivity contribution >= 4 is 16.9 Å². The maximum absolute atomic E-state index is 10.7. The van der Waals surface area contributed by atoms with Crippen LogP contribution in [0, 0.1) is 5.21 Å². The van der Waals surface area contributed by atoms with Crippen molar-refractivity contribution in [3.05, 3.63) is 41.2 Å². The lowest BCUT2D eigenvalue weighted by atomic mass is 10.1. The first kappa shape index (κ1) is 10.7. The molecule has 0 amide bonds. The molecule has 2 aromatic rings. The van der Waals surface area contributed by atoms with Crippen LogP contribution in [0.15, 0.2) is 30.5 Å². The smallest absolute Gasteiger partial charge is 0.320 e. The predicted molar refractivity (Wildman–Crippen MR) is 59.9 cm³/mol. The summed E-state index contributed by atoms with van der Waals surface area (Å²) < 4.78 is 0. The van der Waals surface area contributed by atoms with Gasteiger partial charge in [-0.15, -0.1) is 0 Å². The Labute approximate surface area is 91.7 Å². The summed E-state index contributed by atoms with van der Waals surface area (Å²) in [4.78, 5) is 13.8. The first-order valence-electron chi connectivity index (χ1n) is 4.88. The van der Waals surface area contributed by atoms with E-state index in [1.807, 2.05) is 24.3 Å². The molecule has 0 unspecified atom stereocenters. The topological polar surface area (TPSA) is 88.2 Å². The predicted octanol–water partition coefficient (Wildman–Crippen LogP) is 1.25. The van der Waals surface area contributed by atoms with Crippen LogP contribution in [0.4, 0.5) is 0 Å². The molecule has 1 aromatic carbocycles. The largest absolute Gasteiger partial charge is 0.787 e. The van der Waals surface area contributed by atoms with Crippen LogP contribution in [0.5, 0.6) is 0 Å². The Balaban J connectivity index is 2.30. The third-order valence-corrected chi connectivity index (χ3v) is 2.54. The van der Waals surface area contributed by atoms with Gasteiger partial charge in [-0.3, -0.25) is 4.79 Å². The van der Waals surface area contributed by atoms with Crippen LogP contribution in [0.1, 0.15) is 5.56 Å². The van der Waals surface area contributed by atoms with E-state index in [4.69, 9.17) is 5.11 Å². The van der Waals surface area contributed by atoms with Crippen molar-refractivity contribution in [2.45, 2.75) is 12.5 Å². The number of hydrogen-bond acceptors (Lipinski definition) is 3. The van der Waals surface area contributed by atoms with Crippen LogP contribution in [0.3, 0.4) is 0 Å². The molecule has 84 valence electrons. The number of para-hydroxylation sites is 1. The summed E-state index contributed by atoms with van der Waals surface area (Å²) in [5.74, 6) is -1.14. The number of aromatic nitrogens is 1. The molecule has 1 aromatic heterocycles. The second-order valence-corrected chi connectivity index (χ2v) is 3.57. The average Bonchev–Trinajstić information content (AvgIpc) is 2.69. The maximum Gasteiger partial charge on any atom is 0.320 e. The number of carbonyl (C=O) groups is 1. The van der Waals surface area contributed by atoms with Gasteiger partial charge < -0.3 is 20.8 Å². The van der Waals surface area contributed by atoms with E-state index in [1.54, 1.807) is 11.7 Å². The number of fused-ring (bicyclic) bond motifs is 1. The van der Waals surface area contributed by atoms with Crippen LogP contribution in [0.25, 0.3) is 10.9 Å². The van der Waals surface area contributed by atoms with Gasteiger partial charge in [-0.25, -0.2) is 0 Å². The van der Waals surface area contributed by atoms with E-state index in [9.17, 15) is 10.0 Å². The van der Waals surface area contributed by atoms with Gasteiger partial charge in [0.05, 0.1) is 6.04 Å². The second-order valence-electron chi connectivity index (χ2n) is 3.57. The highest BCUT2D eigenvalue weighted by Gasteiger charge is 2.15. The Hall–Kier alpha value is -1.85. The summed E-state index contributed by atoms with van der Waals surface area (Å²) in [5, 5.41) is 20.2. The Bertz CT molecular complexity index is 507. The van der Waals surface area contributed by atoms with E-state index in [0.717, 1.165) is 16.5 Å². The molecule has 0 fully saturated rings. The molecular weight excluding hydrogens is 208 g/mol. The highest BCUT2D eigenvalue weighted by atomic mass is 16.5. The van der Waals surface area contributed by atoms with Gasteiger partial charge in [-0.2, -0.15) is 0 Å². The first-order valence-corrected chi connectivity index (χ1v) is 4.88. The van der Waals surface area contributed by atoms with Crippen LogP contribution in [-0.4, -0.2) is 22.1 Å². The SMILES string of the molecule is O=C(O)[C@@H](Cc1c[nH]c2ccccc12)N[O-]. The summed E-state index contributed by atoms with van der Waals surface area (Å²) in [6.07, 6.45) is 1.90. The Morgan fingerprint density at radius 1 is 1.50 bits per heavy atom. The van der Waals surface area contributed by atoms with Crippen molar-refractivity contribution in [2.24, 2.45) is 0 Å². The molecule has 16 heavy (non-hydrogen) atoms. The van der Waals surface area contributed by atoms with Crippen molar-refractivity contribution in [3.8, 4) is 0 Å². The van der Waals surface area contributed by atoms with Crippen LogP contribution < -0.4 is 5.48 Å². The van der Waals surface area contributed by atoms with Gasteiger partial charge in [-0.1, -0.05) is 18.2 Å². The lowest BCUT2D eigenvalue weighted by molar-refractivity contribution is -0.139. The lowest BCUT2D eigenvalue weighted by Crippen LogP contribution is -2.34. The number of nitrogens with one attached hydrogen (secondary N) is 2. The first-order chi connectivity index (χ1) is 7.72. The fourth-order valence-electron chi connectivity index (χ4n) is 1.70. The minimum absolute atomic E-state index is 0.169. The molecule has 0 aliphatic heterocycles.